The molecule has 0 radical (unpaired) electrons. The van der Waals surface area contributed by atoms with E-state index in [9.17, 15) is 4.79 Å². The lowest BCUT2D eigenvalue weighted by atomic mass is 9.86. The zero-order chi connectivity index (χ0) is 20.3. The van der Waals surface area contributed by atoms with Crippen molar-refractivity contribution in [3.63, 3.8) is 0 Å². The third-order valence-electron chi connectivity index (χ3n) is 6.12. The molecule has 3 nitrogen and oxygen atoms in total. The van der Waals surface area contributed by atoms with Crippen LogP contribution in [0.3, 0.4) is 0 Å². The van der Waals surface area contributed by atoms with Gasteiger partial charge in [-0.3, -0.25) is 4.79 Å². The minimum atomic E-state index is -0.0867. The van der Waals surface area contributed by atoms with Crippen LogP contribution < -0.4 is 10.2 Å². The molecule has 0 fully saturated rings. The minimum absolute atomic E-state index is 0.0867. The van der Waals surface area contributed by atoms with Gasteiger partial charge in [0.25, 0.3) is 5.91 Å². The van der Waals surface area contributed by atoms with Gasteiger partial charge in [0.15, 0.2) is 6.04 Å². The highest BCUT2D eigenvalue weighted by atomic mass is 16.2. The number of likely N-dealkylation sites (N-methyl/N-ethyl adjacent to an activating group) is 1. The molecule has 1 amide bonds. The Kier molecular flexibility index (Phi) is 6.24. The molecule has 0 saturated carbocycles. The molecule has 2 aromatic rings. The van der Waals surface area contributed by atoms with Crippen molar-refractivity contribution in [3.8, 4) is 0 Å². The Bertz CT molecular complexity index is 804. The number of carbonyl (C=O) groups is 1. The van der Waals surface area contributed by atoms with Crippen LogP contribution in [0, 0.1) is 0 Å². The summed E-state index contributed by atoms with van der Waals surface area (Å²) in [5.74, 6) is 0.144. The van der Waals surface area contributed by atoms with Gasteiger partial charge in [-0.15, -0.1) is 0 Å². The van der Waals surface area contributed by atoms with Gasteiger partial charge in [-0.2, -0.15) is 0 Å². The number of quaternary nitrogens is 1. The average molecular weight is 380 g/mol. The first-order valence-electron chi connectivity index (χ1n) is 10.6. The van der Waals surface area contributed by atoms with Crippen LogP contribution in [-0.2, 0) is 23.2 Å². The van der Waals surface area contributed by atoms with Crippen molar-refractivity contribution < 1.29 is 9.69 Å². The highest BCUT2D eigenvalue weighted by molar-refractivity contribution is 5.80. The number of rotatable bonds is 5. The number of aryl methyl sites for hydroxylation is 1. The number of hydrogen-bond acceptors (Lipinski definition) is 1. The summed E-state index contributed by atoms with van der Waals surface area (Å²) >= 11 is 0. The van der Waals surface area contributed by atoms with Crippen LogP contribution >= 0.6 is 0 Å². The molecule has 0 heterocycles. The summed E-state index contributed by atoms with van der Waals surface area (Å²) in [4.78, 5) is 14.1. The molecule has 0 spiro atoms. The molecule has 3 heteroatoms. The molecule has 3 rings (SSSR count). The third-order valence-corrected chi connectivity index (χ3v) is 6.12. The molecule has 28 heavy (non-hydrogen) atoms. The van der Waals surface area contributed by atoms with Crippen molar-refractivity contribution in [2.45, 2.75) is 71.0 Å². The average Bonchev–Trinajstić information content (AvgIpc) is 2.67. The fourth-order valence-electron chi connectivity index (χ4n) is 4.02. The summed E-state index contributed by atoms with van der Waals surface area (Å²) in [6, 6.07) is 17.4. The summed E-state index contributed by atoms with van der Waals surface area (Å²) in [6.07, 6.45) is 3.29. The summed E-state index contributed by atoms with van der Waals surface area (Å²) in [5.41, 5.74) is 5.46. The van der Waals surface area contributed by atoms with Gasteiger partial charge in [-0.05, 0) is 48.3 Å². The summed E-state index contributed by atoms with van der Waals surface area (Å²) < 4.78 is 0. The monoisotopic (exact) mass is 379 g/mol. The third kappa shape index (κ3) is 4.82. The standard InChI is InChI=1S/C25H34N2O/c1-18(27(5)17-19-13-15-21(16-14-19)25(2,3)4)24(28)26-23-12-8-10-20-9-6-7-11-22(20)23/h6-7,9,11,13-16,18,23H,8,10,12,17H2,1-5H3,(H,26,28)/p+1/t18-,23-/m1/s1. The van der Waals surface area contributed by atoms with E-state index < -0.39 is 0 Å². The van der Waals surface area contributed by atoms with E-state index in [2.05, 4.69) is 81.7 Å². The second-order valence-corrected chi connectivity index (χ2v) is 9.34. The van der Waals surface area contributed by atoms with Crippen LogP contribution in [0.2, 0.25) is 0 Å². The lowest BCUT2D eigenvalue weighted by molar-refractivity contribution is -0.908. The van der Waals surface area contributed by atoms with Crippen molar-refractivity contribution in [1.82, 2.24) is 5.32 Å². The maximum atomic E-state index is 12.9. The van der Waals surface area contributed by atoms with E-state index in [0.29, 0.717) is 0 Å². The summed E-state index contributed by atoms with van der Waals surface area (Å²) in [6.45, 7) is 9.57. The van der Waals surface area contributed by atoms with Crippen molar-refractivity contribution in [3.05, 3.63) is 70.8 Å². The van der Waals surface area contributed by atoms with Gasteiger partial charge in [-0.25, -0.2) is 0 Å². The van der Waals surface area contributed by atoms with E-state index in [1.54, 1.807) is 0 Å². The van der Waals surface area contributed by atoms with Gasteiger partial charge in [0.1, 0.15) is 6.54 Å². The molecule has 0 aliphatic heterocycles. The second kappa shape index (κ2) is 8.48. The van der Waals surface area contributed by atoms with Crippen LogP contribution in [-0.4, -0.2) is 19.0 Å². The molecule has 0 saturated heterocycles. The Morgan fingerprint density at radius 2 is 1.82 bits per heavy atom. The predicted octanol–water partition coefficient (Wildman–Crippen LogP) is 3.58. The Hall–Kier alpha value is -2.13. The van der Waals surface area contributed by atoms with Crippen LogP contribution in [0.25, 0.3) is 0 Å². The van der Waals surface area contributed by atoms with Crippen molar-refractivity contribution in [1.29, 1.82) is 0 Å². The van der Waals surface area contributed by atoms with Crippen molar-refractivity contribution >= 4 is 5.91 Å². The van der Waals surface area contributed by atoms with Crippen LogP contribution in [0.1, 0.15) is 68.8 Å². The Labute approximate surface area is 170 Å². The zero-order valence-corrected chi connectivity index (χ0v) is 18.0. The smallest absolute Gasteiger partial charge is 0.278 e. The Morgan fingerprint density at radius 1 is 1.14 bits per heavy atom. The highest BCUT2D eigenvalue weighted by Crippen LogP contribution is 2.29. The first kappa shape index (κ1) is 20.6. The number of amides is 1. The maximum absolute atomic E-state index is 12.9. The quantitative estimate of drug-likeness (QED) is 0.818. The lowest BCUT2D eigenvalue weighted by Gasteiger charge is -2.29. The molecule has 2 aromatic carbocycles. The first-order chi connectivity index (χ1) is 13.3. The number of carbonyl (C=O) groups excluding carboxylic acids is 1. The van der Waals surface area contributed by atoms with Gasteiger partial charge in [0.2, 0.25) is 0 Å². The number of nitrogens with one attached hydrogen (secondary N) is 2. The molecular weight excluding hydrogens is 344 g/mol. The second-order valence-electron chi connectivity index (χ2n) is 9.34. The number of fused-ring (bicyclic) bond motifs is 1. The van der Waals surface area contributed by atoms with E-state index in [1.807, 2.05) is 6.92 Å². The zero-order valence-electron chi connectivity index (χ0n) is 18.0. The van der Waals surface area contributed by atoms with Gasteiger partial charge in [0, 0.05) is 5.56 Å². The van der Waals surface area contributed by atoms with Gasteiger partial charge in [-0.1, -0.05) is 69.3 Å². The molecule has 0 aromatic heterocycles. The van der Waals surface area contributed by atoms with Crippen LogP contribution in [0.5, 0.6) is 0 Å². The Balaban J connectivity index is 1.60. The van der Waals surface area contributed by atoms with E-state index in [4.69, 9.17) is 0 Å². The number of hydrogen-bond donors (Lipinski definition) is 2. The summed E-state index contributed by atoms with van der Waals surface area (Å²) in [5, 5.41) is 3.31. The molecule has 1 aliphatic carbocycles. The van der Waals surface area contributed by atoms with E-state index in [1.165, 1.54) is 27.2 Å². The minimum Gasteiger partial charge on any atom is -0.344 e. The fourth-order valence-corrected chi connectivity index (χ4v) is 4.02. The van der Waals surface area contributed by atoms with Crippen molar-refractivity contribution in [2.75, 3.05) is 7.05 Å². The van der Waals surface area contributed by atoms with E-state index >= 15 is 0 Å². The predicted molar refractivity (Wildman–Crippen MR) is 115 cm³/mol. The van der Waals surface area contributed by atoms with E-state index in [-0.39, 0.29) is 23.4 Å². The first-order valence-corrected chi connectivity index (χ1v) is 10.6. The maximum Gasteiger partial charge on any atom is 0.278 e. The fraction of sp³-hybridized carbons (Fsp3) is 0.480. The molecule has 2 N–H and O–H groups in total. The van der Waals surface area contributed by atoms with Crippen molar-refractivity contribution in [2.24, 2.45) is 0 Å². The molecule has 150 valence electrons. The Morgan fingerprint density at radius 3 is 2.50 bits per heavy atom. The van der Waals surface area contributed by atoms with E-state index in [0.717, 1.165) is 25.8 Å². The van der Waals surface area contributed by atoms with Gasteiger partial charge >= 0.3 is 0 Å². The molecular formula is C25H35N2O+. The number of benzene rings is 2. The molecule has 3 atom stereocenters. The summed E-state index contributed by atoms with van der Waals surface area (Å²) in [7, 11) is 2.11. The van der Waals surface area contributed by atoms with Crippen LogP contribution in [0.15, 0.2) is 48.5 Å². The molecule has 1 aliphatic rings. The molecule has 1 unspecified atom stereocenters. The van der Waals surface area contributed by atoms with Gasteiger partial charge < -0.3 is 10.2 Å². The SMILES string of the molecule is C[C@H](C(=O)N[C@@H]1CCCc2ccccc21)[NH+](C)Cc1ccc(C(C)(C)C)cc1. The highest BCUT2D eigenvalue weighted by Gasteiger charge is 2.27. The van der Waals surface area contributed by atoms with Crippen LogP contribution in [0.4, 0.5) is 0 Å². The largest absolute Gasteiger partial charge is 0.344 e. The topological polar surface area (TPSA) is 33.5 Å². The normalized spacial score (nSPS) is 18.8. The van der Waals surface area contributed by atoms with Gasteiger partial charge in [0.05, 0.1) is 13.1 Å². The lowest BCUT2D eigenvalue weighted by Crippen LogP contribution is -3.12. The molecule has 0 bridgehead atoms.